The van der Waals surface area contributed by atoms with Crippen molar-refractivity contribution >= 4 is 0 Å². The minimum absolute atomic E-state index is 0. The van der Waals surface area contributed by atoms with E-state index in [1.165, 1.54) is 5.56 Å². The number of hydrogen-bond donors (Lipinski definition) is 0. The van der Waals surface area contributed by atoms with E-state index in [0.29, 0.717) is 0 Å². The van der Waals surface area contributed by atoms with Gasteiger partial charge in [-0.15, -0.1) is 0 Å². The largest absolute Gasteiger partial charge is 0.214 e. The molecular weight excluding hydrogens is 195 g/mol. The van der Waals surface area contributed by atoms with Gasteiger partial charge in [-0.1, -0.05) is 35.9 Å². The van der Waals surface area contributed by atoms with Crippen LogP contribution in [-0.4, -0.2) is 0 Å². The van der Waals surface area contributed by atoms with Crippen LogP contribution in [-0.2, 0) is 18.6 Å². The van der Waals surface area contributed by atoms with Gasteiger partial charge in [0, 0.05) is 18.6 Å². The zero-order valence-electron chi connectivity index (χ0n) is 7.72. The molecule has 0 amide bonds. The van der Waals surface area contributed by atoms with Crippen LogP contribution < -0.4 is 0 Å². The van der Waals surface area contributed by atoms with Crippen LogP contribution in [0, 0.1) is 6.92 Å². The summed E-state index contributed by atoms with van der Waals surface area (Å²) in [5.41, 5.74) is 1.32. The van der Waals surface area contributed by atoms with Crippen molar-refractivity contribution < 1.29 is 18.6 Å². The maximum atomic E-state index is 2.08. The van der Waals surface area contributed by atoms with Crippen molar-refractivity contribution in [3.63, 3.8) is 0 Å². The second-order valence-electron chi connectivity index (χ2n) is 2.62. The third-order valence-electron chi connectivity index (χ3n) is 1.50. The summed E-state index contributed by atoms with van der Waals surface area (Å²) in [5, 5.41) is 0. The Morgan fingerprint density at radius 3 is 1.62 bits per heavy atom. The van der Waals surface area contributed by atoms with E-state index in [4.69, 9.17) is 0 Å². The number of hydrogen-bond acceptors (Lipinski definition) is 0. The van der Waals surface area contributed by atoms with E-state index in [2.05, 4.69) is 19.1 Å². The van der Waals surface area contributed by atoms with Gasteiger partial charge < -0.3 is 0 Å². The molecule has 0 fully saturated rings. The van der Waals surface area contributed by atoms with Crippen LogP contribution in [0.2, 0.25) is 0 Å². The summed E-state index contributed by atoms with van der Waals surface area (Å²) in [7, 11) is 0. The molecule has 2 aromatic rings. The molecule has 0 heterocycles. The van der Waals surface area contributed by atoms with Crippen LogP contribution >= 0.6 is 0 Å². The van der Waals surface area contributed by atoms with Gasteiger partial charge in [0.15, 0.2) is 0 Å². The molecule has 0 aliphatic carbocycles. The van der Waals surface area contributed by atoms with Crippen molar-refractivity contribution in [2.45, 2.75) is 6.92 Å². The smallest absolute Gasteiger partial charge is 0 e. The summed E-state index contributed by atoms with van der Waals surface area (Å²) < 4.78 is 0. The van der Waals surface area contributed by atoms with Crippen LogP contribution in [0.3, 0.4) is 0 Å². The molecule has 13 heavy (non-hydrogen) atoms. The van der Waals surface area contributed by atoms with E-state index in [-0.39, 0.29) is 18.6 Å². The van der Waals surface area contributed by atoms with E-state index in [9.17, 15) is 0 Å². The third-order valence-corrected chi connectivity index (χ3v) is 1.50. The van der Waals surface area contributed by atoms with Gasteiger partial charge in [0.2, 0.25) is 0 Å². The van der Waals surface area contributed by atoms with Crippen molar-refractivity contribution in [1.29, 1.82) is 0 Å². The minimum atomic E-state index is 0. The van der Waals surface area contributed by atoms with E-state index < -0.39 is 0 Å². The van der Waals surface area contributed by atoms with Crippen LogP contribution in [0.1, 0.15) is 5.56 Å². The first-order valence-electron chi connectivity index (χ1n) is 4.08. The monoisotopic (exact) mass is 208 g/mol. The Hall–Kier alpha value is -0.846. The normalized spacial score (nSPS) is 7.77. The molecule has 0 aromatic heterocycles. The quantitative estimate of drug-likeness (QED) is 0.582. The van der Waals surface area contributed by atoms with Crippen molar-refractivity contribution in [1.82, 2.24) is 0 Å². The predicted molar refractivity (Wildman–Crippen MR) is 53.2 cm³/mol. The number of benzene rings is 1. The number of aryl methyl sites for hydroxylation is 1. The predicted octanol–water partition coefficient (Wildman–Crippen LogP) is 3.40. The first kappa shape index (κ1) is 12.2. The van der Waals surface area contributed by atoms with Crippen molar-refractivity contribution in [2.24, 2.45) is 0 Å². The molecule has 0 unspecified atom stereocenters. The molecule has 67 valence electrons. The summed E-state index contributed by atoms with van der Waals surface area (Å²) in [6.07, 6.45) is 0. The average molecular weight is 208 g/mol. The summed E-state index contributed by atoms with van der Waals surface area (Å²) in [6.45, 7) is 2.08. The van der Waals surface area contributed by atoms with Gasteiger partial charge in [0.05, 0.1) is 0 Å². The van der Waals surface area contributed by atoms with Gasteiger partial charge in [-0.05, 0) is 6.92 Å². The van der Waals surface area contributed by atoms with Crippen LogP contribution in [0.5, 0.6) is 0 Å². The van der Waals surface area contributed by atoms with E-state index >= 15 is 0 Å². The van der Waals surface area contributed by atoms with Gasteiger partial charge in [0.25, 0.3) is 0 Å². The van der Waals surface area contributed by atoms with Gasteiger partial charge in [0.1, 0.15) is 0 Å². The SMILES string of the molecule is Cc1ccccc1.[V].c1cc[cH-]c1. The zero-order valence-corrected chi connectivity index (χ0v) is 9.12. The summed E-state index contributed by atoms with van der Waals surface area (Å²) in [6, 6.07) is 20.3. The molecule has 0 aliphatic heterocycles. The Balaban J connectivity index is 0.000000215. The minimum Gasteiger partial charge on any atom is -0.214 e. The van der Waals surface area contributed by atoms with E-state index in [1.54, 1.807) is 0 Å². The second kappa shape index (κ2) is 7.79. The first-order chi connectivity index (χ1) is 5.89. The topological polar surface area (TPSA) is 0 Å². The van der Waals surface area contributed by atoms with Gasteiger partial charge in [-0.25, -0.2) is 12.1 Å². The van der Waals surface area contributed by atoms with Crippen molar-refractivity contribution in [2.75, 3.05) is 0 Å². The van der Waals surface area contributed by atoms with Gasteiger partial charge in [-0.2, -0.15) is 18.2 Å². The summed E-state index contributed by atoms with van der Waals surface area (Å²) in [4.78, 5) is 0. The molecule has 0 spiro atoms. The summed E-state index contributed by atoms with van der Waals surface area (Å²) in [5.74, 6) is 0. The molecule has 0 N–H and O–H groups in total. The Kier molecular flexibility index (Phi) is 7.28. The fraction of sp³-hybridized carbons (Fsp3) is 0.0833. The van der Waals surface area contributed by atoms with E-state index in [1.807, 2.05) is 48.5 Å². The fourth-order valence-electron chi connectivity index (χ4n) is 0.855. The average Bonchev–Trinajstić information content (AvgIpc) is 2.62. The van der Waals surface area contributed by atoms with Crippen LogP contribution in [0.15, 0.2) is 60.7 Å². The molecular formula is C12H13V-. The molecule has 2 aromatic carbocycles. The maximum absolute atomic E-state index is 2.08. The molecule has 0 saturated heterocycles. The molecule has 1 heteroatoms. The first-order valence-corrected chi connectivity index (χ1v) is 4.08. The Labute approximate surface area is 91.9 Å². The maximum Gasteiger partial charge on any atom is 0 e. The Morgan fingerprint density at radius 1 is 0.846 bits per heavy atom. The standard InChI is InChI=1S/C7H8.C5H5.V/c1-7-5-3-2-4-6-7;1-2-4-5-3-1;/h2-6H,1H3;1-5H;/q;-1;. The molecule has 0 aliphatic rings. The molecule has 0 bridgehead atoms. The number of rotatable bonds is 0. The Morgan fingerprint density at radius 2 is 1.38 bits per heavy atom. The molecule has 0 atom stereocenters. The molecule has 0 saturated carbocycles. The van der Waals surface area contributed by atoms with Crippen LogP contribution in [0.25, 0.3) is 0 Å². The van der Waals surface area contributed by atoms with Crippen molar-refractivity contribution in [3.8, 4) is 0 Å². The summed E-state index contributed by atoms with van der Waals surface area (Å²) >= 11 is 0. The molecule has 2 rings (SSSR count). The second-order valence-corrected chi connectivity index (χ2v) is 2.62. The molecule has 1 radical (unpaired) electrons. The third kappa shape index (κ3) is 6.33. The van der Waals surface area contributed by atoms with Gasteiger partial charge >= 0.3 is 0 Å². The van der Waals surface area contributed by atoms with Gasteiger partial charge in [-0.3, -0.25) is 0 Å². The van der Waals surface area contributed by atoms with Crippen LogP contribution in [0.4, 0.5) is 0 Å². The zero-order chi connectivity index (χ0) is 8.65. The van der Waals surface area contributed by atoms with Crippen molar-refractivity contribution in [3.05, 3.63) is 66.2 Å². The van der Waals surface area contributed by atoms with E-state index in [0.717, 1.165) is 0 Å². The Bertz CT molecular complexity index is 254. The fourth-order valence-corrected chi connectivity index (χ4v) is 0.855. The molecule has 0 nitrogen and oxygen atoms in total.